The number of carbonyl (C=O) groups excluding carboxylic acids is 1. The Bertz CT molecular complexity index is 622. The summed E-state index contributed by atoms with van der Waals surface area (Å²) in [6.45, 7) is 9.73. The number of halogens is 1. The molecule has 1 amide bonds. The first-order chi connectivity index (χ1) is 12.5. The normalized spacial score (nSPS) is 18.6. The van der Waals surface area contributed by atoms with Gasteiger partial charge in [0.05, 0.1) is 6.54 Å². The lowest BCUT2D eigenvalue weighted by atomic mass is 10.1. The molecule has 0 saturated carbocycles. The maximum Gasteiger partial charge on any atom is 0.227 e. The Kier molecular flexibility index (Phi) is 10.7. The molecule has 0 radical (unpaired) electrons. The van der Waals surface area contributed by atoms with Crippen LogP contribution in [0.4, 0.5) is 5.69 Å². The minimum atomic E-state index is 0. The van der Waals surface area contributed by atoms with Crippen molar-refractivity contribution in [1.82, 2.24) is 10.2 Å². The molecule has 2 atom stereocenters. The third kappa shape index (κ3) is 7.65. The van der Waals surface area contributed by atoms with Crippen molar-refractivity contribution in [1.29, 1.82) is 0 Å². The number of likely N-dealkylation sites (tertiary alicyclic amines) is 1. The number of carbonyl (C=O) groups is 1. The van der Waals surface area contributed by atoms with E-state index in [0.717, 1.165) is 30.8 Å². The molecule has 2 unspecified atom stereocenters. The van der Waals surface area contributed by atoms with Crippen LogP contribution in [0.5, 0.6) is 0 Å². The molecule has 1 aromatic carbocycles. The molecule has 1 aromatic rings. The SMILES string of the molecule is CCC(C)C(=O)Nc1cccc(CN=C(N)NCC2CCCN2CC)c1.I. The maximum absolute atomic E-state index is 12.0. The molecule has 0 spiro atoms. The lowest BCUT2D eigenvalue weighted by Gasteiger charge is -2.23. The van der Waals surface area contributed by atoms with Gasteiger partial charge in [-0.1, -0.05) is 32.9 Å². The molecule has 152 valence electrons. The molecule has 1 aliphatic rings. The summed E-state index contributed by atoms with van der Waals surface area (Å²) in [5.74, 6) is 0.531. The van der Waals surface area contributed by atoms with Crippen molar-refractivity contribution >= 4 is 41.5 Å². The number of anilines is 1. The van der Waals surface area contributed by atoms with Crippen molar-refractivity contribution < 1.29 is 4.79 Å². The fourth-order valence-electron chi connectivity index (χ4n) is 3.20. The van der Waals surface area contributed by atoms with Gasteiger partial charge < -0.3 is 16.4 Å². The van der Waals surface area contributed by atoms with Gasteiger partial charge in [-0.3, -0.25) is 9.69 Å². The first-order valence-electron chi connectivity index (χ1n) is 9.71. The van der Waals surface area contributed by atoms with Crippen LogP contribution in [-0.2, 0) is 11.3 Å². The monoisotopic (exact) mass is 487 g/mol. The van der Waals surface area contributed by atoms with Crippen molar-refractivity contribution in [2.75, 3.05) is 25.0 Å². The van der Waals surface area contributed by atoms with Crippen molar-refractivity contribution in [3.63, 3.8) is 0 Å². The number of guanidine groups is 1. The average Bonchev–Trinajstić information content (AvgIpc) is 3.11. The third-order valence-electron chi connectivity index (χ3n) is 5.11. The van der Waals surface area contributed by atoms with Gasteiger partial charge >= 0.3 is 0 Å². The quantitative estimate of drug-likeness (QED) is 0.299. The van der Waals surface area contributed by atoms with E-state index in [1.807, 2.05) is 38.1 Å². The number of hydrogen-bond donors (Lipinski definition) is 3. The molecule has 1 saturated heterocycles. The van der Waals surface area contributed by atoms with E-state index >= 15 is 0 Å². The van der Waals surface area contributed by atoms with Crippen LogP contribution < -0.4 is 16.4 Å². The number of benzene rings is 1. The summed E-state index contributed by atoms with van der Waals surface area (Å²) in [5, 5.41) is 6.20. The Morgan fingerprint density at radius 3 is 2.89 bits per heavy atom. The van der Waals surface area contributed by atoms with Crippen LogP contribution in [0.15, 0.2) is 29.3 Å². The maximum atomic E-state index is 12.0. The van der Waals surface area contributed by atoms with Crippen LogP contribution in [0.25, 0.3) is 0 Å². The van der Waals surface area contributed by atoms with E-state index in [2.05, 4.69) is 27.4 Å². The lowest BCUT2D eigenvalue weighted by Crippen LogP contribution is -2.42. The van der Waals surface area contributed by atoms with Gasteiger partial charge in [-0.2, -0.15) is 0 Å². The molecular weight excluding hydrogens is 453 g/mol. The second kappa shape index (κ2) is 12.2. The van der Waals surface area contributed by atoms with Gasteiger partial charge in [-0.05, 0) is 50.0 Å². The molecule has 1 heterocycles. The second-order valence-corrected chi connectivity index (χ2v) is 7.01. The van der Waals surface area contributed by atoms with Crippen molar-refractivity contribution in [3.05, 3.63) is 29.8 Å². The fourth-order valence-corrected chi connectivity index (χ4v) is 3.20. The zero-order valence-electron chi connectivity index (χ0n) is 16.7. The number of hydrogen-bond acceptors (Lipinski definition) is 3. The minimum Gasteiger partial charge on any atom is -0.370 e. The molecule has 7 heteroatoms. The number of likely N-dealkylation sites (N-methyl/N-ethyl adjacent to an activating group) is 1. The van der Waals surface area contributed by atoms with Crippen LogP contribution in [0.3, 0.4) is 0 Å². The van der Waals surface area contributed by atoms with Gasteiger partial charge in [0, 0.05) is 24.2 Å². The Balaban J connectivity index is 0.00000364. The summed E-state index contributed by atoms with van der Waals surface area (Å²) < 4.78 is 0. The molecule has 6 nitrogen and oxygen atoms in total. The fraction of sp³-hybridized carbons (Fsp3) is 0.600. The molecule has 4 N–H and O–H groups in total. The zero-order valence-corrected chi connectivity index (χ0v) is 19.0. The number of nitrogens with one attached hydrogen (secondary N) is 2. The number of amides is 1. The topological polar surface area (TPSA) is 82.8 Å². The van der Waals surface area contributed by atoms with Gasteiger partial charge in [-0.25, -0.2) is 4.99 Å². The van der Waals surface area contributed by atoms with Crippen molar-refractivity contribution in [3.8, 4) is 0 Å². The molecular formula is C20H34IN5O. The Hall–Kier alpha value is -1.35. The van der Waals surface area contributed by atoms with Crippen LogP contribution in [0, 0.1) is 5.92 Å². The molecule has 0 aromatic heterocycles. The van der Waals surface area contributed by atoms with Gasteiger partial charge in [-0.15, -0.1) is 24.0 Å². The van der Waals surface area contributed by atoms with E-state index in [-0.39, 0.29) is 35.8 Å². The highest BCUT2D eigenvalue weighted by atomic mass is 127. The standard InChI is InChI=1S/C20H33N5O.HI/c1-4-15(3)19(26)24-17-9-6-8-16(12-17)13-22-20(21)23-14-18-10-7-11-25(18)5-2;/h6,8-9,12,15,18H,4-5,7,10-11,13-14H2,1-3H3,(H,24,26)(H3,21,22,23);1H. The van der Waals surface area contributed by atoms with Gasteiger partial charge in [0.25, 0.3) is 0 Å². The molecule has 1 aliphatic heterocycles. The molecule has 2 rings (SSSR count). The van der Waals surface area contributed by atoms with E-state index in [1.165, 1.54) is 19.4 Å². The first-order valence-corrected chi connectivity index (χ1v) is 9.71. The molecule has 27 heavy (non-hydrogen) atoms. The highest BCUT2D eigenvalue weighted by molar-refractivity contribution is 14.0. The first kappa shape index (κ1) is 23.7. The van der Waals surface area contributed by atoms with Crippen LogP contribution >= 0.6 is 24.0 Å². The van der Waals surface area contributed by atoms with Crippen LogP contribution in [0.2, 0.25) is 0 Å². The summed E-state index contributed by atoms with van der Waals surface area (Å²) in [6.07, 6.45) is 3.30. The molecule has 0 bridgehead atoms. The summed E-state index contributed by atoms with van der Waals surface area (Å²) in [5.41, 5.74) is 7.84. The van der Waals surface area contributed by atoms with Crippen molar-refractivity contribution in [2.24, 2.45) is 16.6 Å². The number of nitrogens with zero attached hydrogens (tertiary/aromatic N) is 2. The van der Waals surface area contributed by atoms with E-state index in [0.29, 0.717) is 18.5 Å². The molecule has 0 aliphatic carbocycles. The lowest BCUT2D eigenvalue weighted by molar-refractivity contribution is -0.119. The van der Waals surface area contributed by atoms with E-state index < -0.39 is 0 Å². The minimum absolute atomic E-state index is 0. The second-order valence-electron chi connectivity index (χ2n) is 7.01. The summed E-state index contributed by atoms with van der Waals surface area (Å²) in [7, 11) is 0. The Morgan fingerprint density at radius 1 is 1.41 bits per heavy atom. The summed E-state index contributed by atoms with van der Waals surface area (Å²) >= 11 is 0. The van der Waals surface area contributed by atoms with Crippen LogP contribution in [0.1, 0.15) is 45.6 Å². The zero-order chi connectivity index (χ0) is 18.9. The van der Waals surface area contributed by atoms with E-state index in [9.17, 15) is 4.79 Å². The van der Waals surface area contributed by atoms with E-state index in [4.69, 9.17) is 5.73 Å². The predicted octanol–water partition coefficient (Wildman–Crippen LogP) is 3.18. The highest BCUT2D eigenvalue weighted by Gasteiger charge is 2.22. The average molecular weight is 487 g/mol. The van der Waals surface area contributed by atoms with Gasteiger partial charge in [0.2, 0.25) is 5.91 Å². The summed E-state index contributed by atoms with van der Waals surface area (Å²) in [6, 6.07) is 8.32. The predicted molar refractivity (Wildman–Crippen MR) is 124 cm³/mol. The Labute approximate surface area is 180 Å². The van der Waals surface area contributed by atoms with Crippen molar-refractivity contribution in [2.45, 2.75) is 52.6 Å². The third-order valence-corrected chi connectivity index (χ3v) is 5.11. The van der Waals surface area contributed by atoms with Crippen LogP contribution in [-0.4, -0.2) is 42.4 Å². The largest absolute Gasteiger partial charge is 0.370 e. The smallest absolute Gasteiger partial charge is 0.227 e. The molecule has 1 fully saturated rings. The van der Waals surface area contributed by atoms with Gasteiger partial charge in [0.1, 0.15) is 0 Å². The van der Waals surface area contributed by atoms with Gasteiger partial charge in [0.15, 0.2) is 5.96 Å². The number of nitrogens with two attached hydrogens (primary N) is 1. The number of aliphatic imine (C=N–C) groups is 1. The highest BCUT2D eigenvalue weighted by Crippen LogP contribution is 2.16. The van der Waals surface area contributed by atoms with E-state index in [1.54, 1.807) is 0 Å². The Morgan fingerprint density at radius 2 is 2.19 bits per heavy atom. The number of rotatable bonds is 8. The summed E-state index contributed by atoms with van der Waals surface area (Å²) in [4.78, 5) is 18.9.